The maximum Gasteiger partial charge on any atom is 0.220 e. The van der Waals surface area contributed by atoms with Gasteiger partial charge in [-0.3, -0.25) is 4.79 Å². The molecule has 0 aliphatic heterocycles. The largest absolute Gasteiger partial charge is 0.355 e. The average Bonchev–Trinajstić information content (AvgIpc) is 2.58. The fourth-order valence-electron chi connectivity index (χ4n) is 2.77. The monoisotopic (exact) mass is 338 g/mol. The molecule has 0 fully saturated rings. The van der Waals surface area contributed by atoms with Crippen LogP contribution in [0.3, 0.4) is 0 Å². The van der Waals surface area contributed by atoms with Crippen molar-refractivity contribution in [3.63, 3.8) is 0 Å². The van der Waals surface area contributed by atoms with Crippen molar-refractivity contribution in [1.82, 2.24) is 10.6 Å². The maximum atomic E-state index is 11.5. The van der Waals surface area contributed by atoms with E-state index in [4.69, 9.17) is 0 Å². The Kier molecular flexibility index (Phi) is 19.5. The molecule has 0 aromatic heterocycles. The van der Waals surface area contributed by atoms with Gasteiger partial charge in [0.2, 0.25) is 5.91 Å². The Bertz CT molecular complexity index is 290. The highest BCUT2D eigenvalue weighted by atomic mass is 16.1. The second-order valence-electron chi connectivity index (χ2n) is 6.79. The van der Waals surface area contributed by atoms with Crippen LogP contribution in [0.15, 0.2) is 12.2 Å². The third kappa shape index (κ3) is 19.2. The van der Waals surface area contributed by atoms with E-state index in [0.717, 1.165) is 19.5 Å². The van der Waals surface area contributed by atoms with Crippen molar-refractivity contribution in [3.8, 4) is 0 Å². The predicted octanol–water partition coefficient (Wildman–Crippen LogP) is 5.36. The molecule has 0 saturated heterocycles. The van der Waals surface area contributed by atoms with Crippen LogP contribution in [0.4, 0.5) is 0 Å². The van der Waals surface area contributed by atoms with Crippen molar-refractivity contribution in [3.05, 3.63) is 12.2 Å². The minimum atomic E-state index is 0.197. The van der Waals surface area contributed by atoms with E-state index in [2.05, 4.69) is 29.7 Å². The van der Waals surface area contributed by atoms with E-state index in [1.54, 1.807) is 0 Å². The Balaban J connectivity index is 3.16. The molecule has 0 spiro atoms. The number of rotatable bonds is 18. The molecule has 0 atom stereocenters. The van der Waals surface area contributed by atoms with Crippen LogP contribution in [-0.4, -0.2) is 26.0 Å². The van der Waals surface area contributed by atoms with E-state index >= 15 is 0 Å². The van der Waals surface area contributed by atoms with E-state index in [9.17, 15) is 4.79 Å². The molecule has 3 nitrogen and oxygen atoms in total. The summed E-state index contributed by atoms with van der Waals surface area (Å²) in [5, 5.41) is 5.95. The zero-order chi connectivity index (χ0) is 17.7. The smallest absolute Gasteiger partial charge is 0.220 e. The van der Waals surface area contributed by atoms with Gasteiger partial charge in [-0.1, -0.05) is 70.4 Å². The van der Waals surface area contributed by atoms with Gasteiger partial charge in [0.1, 0.15) is 0 Å². The zero-order valence-electron chi connectivity index (χ0n) is 16.4. The number of nitrogens with one attached hydrogen (secondary N) is 2. The first-order valence-electron chi connectivity index (χ1n) is 10.4. The molecule has 0 aliphatic rings. The molecule has 0 aromatic rings. The summed E-state index contributed by atoms with van der Waals surface area (Å²) in [5.74, 6) is 0.197. The van der Waals surface area contributed by atoms with Crippen LogP contribution in [0.1, 0.15) is 96.8 Å². The molecule has 3 heteroatoms. The van der Waals surface area contributed by atoms with Crippen molar-refractivity contribution in [2.24, 2.45) is 0 Å². The van der Waals surface area contributed by atoms with E-state index in [1.165, 1.54) is 77.0 Å². The summed E-state index contributed by atoms with van der Waals surface area (Å²) in [7, 11) is 1.90. The number of carbonyl (C=O) groups excluding carboxylic acids is 1. The normalized spacial score (nSPS) is 11.2. The van der Waals surface area contributed by atoms with E-state index in [0.29, 0.717) is 6.42 Å². The molecular formula is C21H42N2O. The molecule has 1 amide bonds. The summed E-state index contributed by atoms with van der Waals surface area (Å²) in [6, 6.07) is 0. The predicted molar refractivity (Wildman–Crippen MR) is 106 cm³/mol. The summed E-state index contributed by atoms with van der Waals surface area (Å²) in [6.07, 6.45) is 22.3. The van der Waals surface area contributed by atoms with Crippen molar-refractivity contribution < 1.29 is 4.79 Å². The quantitative estimate of drug-likeness (QED) is 0.261. The third-order valence-electron chi connectivity index (χ3n) is 4.36. The lowest BCUT2D eigenvalue weighted by Gasteiger charge is -2.04. The SMILES string of the molecule is CCCCCCCC/C=C\CCCCCCCC(=O)NCCNC. The number of hydrogen-bond donors (Lipinski definition) is 2. The first kappa shape index (κ1) is 23.2. The number of allylic oxidation sites excluding steroid dienone is 2. The van der Waals surface area contributed by atoms with E-state index < -0.39 is 0 Å². The number of carbonyl (C=O) groups is 1. The van der Waals surface area contributed by atoms with Gasteiger partial charge in [0.05, 0.1) is 0 Å². The van der Waals surface area contributed by atoms with Crippen molar-refractivity contribution in [2.45, 2.75) is 96.8 Å². The van der Waals surface area contributed by atoms with Crippen LogP contribution in [0.25, 0.3) is 0 Å². The molecular weight excluding hydrogens is 296 g/mol. The van der Waals surface area contributed by atoms with Crippen molar-refractivity contribution >= 4 is 5.91 Å². The first-order chi connectivity index (χ1) is 11.8. The summed E-state index contributed by atoms with van der Waals surface area (Å²) >= 11 is 0. The Labute approximate surface area is 151 Å². The molecule has 0 saturated carbocycles. The Morgan fingerprint density at radius 1 is 0.750 bits per heavy atom. The lowest BCUT2D eigenvalue weighted by Crippen LogP contribution is -2.30. The van der Waals surface area contributed by atoms with Gasteiger partial charge >= 0.3 is 0 Å². The fraction of sp³-hybridized carbons (Fsp3) is 0.857. The number of hydrogen-bond acceptors (Lipinski definition) is 2. The first-order valence-corrected chi connectivity index (χ1v) is 10.4. The molecule has 2 N–H and O–H groups in total. The van der Waals surface area contributed by atoms with Gasteiger partial charge in [0.25, 0.3) is 0 Å². The molecule has 0 heterocycles. The van der Waals surface area contributed by atoms with Crippen LogP contribution in [0.2, 0.25) is 0 Å². The zero-order valence-corrected chi connectivity index (χ0v) is 16.4. The minimum absolute atomic E-state index is 0.197. The lowest BCUT2D eigenvalue weighted by atomic mass is 10.1. The van der Waals surface area contributed by atoms with Gasteiger partial charge in [-0.2, -0.15) is 0 Å². The average molecular weight is 339 g/mol. The van der Waals surface area contributed by atoms with Crippen LogP contribution in [0, 0.1) is 0 Å². The van der Waals surface area contributed by atoms with Gasteiger partial charge in [-0.05, 0) is 39.2 Å². The highest BCUT2D eigenvalue weighted by Gasteiger charge is 1.99. The Morgan fingerprint density at radius 2 is 1.29 bits per heavy atom. The summed E-state index contributed by atoms with van der Waals surface area (Å²) in [5.41, 5.74) is 0. The number of amides is 1. The van der Waals surface area contributed by atoms with Gasteiger partial charge in [-0.25, -0.2) is 0 Å². The van der Waals surface area contributed by atoms with E-state index in [1.807, 2.05) is 7.05 Å². The molecule has 0 aliphatic carbocycles. The molecule has 0 unspecified atom stereocenters. The summed E-state index contributed by atoms with van der Waals surface area (Å²) < 4.78 is 0. The van der Waals surface area contributed by atoms with Crippen molar-refractivity contribution in [1.29, 1.82) is 0 Å². The molecule has 0 radical (unpaired) electrons. The van der Waals surface area contributed by atoms with Gasteiger partial charge < -0.3 is 10.6 Å². The van der Waals surface area contributed by atoms with Crippen LogP contribution in [0.5, 0.6) is 0 Å². The van der Waals surface area contributed by atoms with Crippen molar-refractivity contribution in [2.75, 3.05) is 20.1 Å². The second kappa shape index (κ2) is 20.2. The summed E-state index contributed by atoms with van der Waals surface area (Å²) in [4.78, 5) is 11.5. The molecule has 0 rings (SSSR count). The van der Waals surface area contributed by atoms with Gasteiger partial charge in [0, 0.05) is 19.5 Å². The Hall–Kier alpha value is -0.830. The van der Waals surface area contributed by atoms with Crippen LogP contribution < -0.4 is 10.6 Å². The standard InChI is InChI=1S/C21H42N2O/c1-3-4-5-6-7-8-9-10-11-12-13-14-15-16-17-18-21(24)23-20-19-22-2/h10-11,22H,3-9,12-20H2,1-2H3,(H,23,24)/b11-10-. The number of unbranched alkanes of at least 4 members (excludes halogenated alkanes) is 11. The topological polar surface area (TPSA) is 41.1 Å². The van der Waals surface area contributed by atoms with Gasteiger partial charge in [-0.15, -0.1) is 0 Å². The van der Waals surface area contributed by atoms with Gasteiger partial charge in [0.15, 0.2) is 0 Å². The maximum absolute atomic E-state index is 11.5. The minimum Gasteiger partial charge on any atom is -0.355 e. The summed E-state index contributed by atoms with van der Waals surface area (Å²) in [6.45, 7) is 3.85. The second-order valence-corrected chi connectivity index (χ2v) is 6.79. The fourth-order valence-corrected chi connectivity index (χ4v) is 2.77. The molecule has 24 heavy (non-hydrogen) atoms. The third-order valence-corrected chi connectivity index (χ3v) is 4.36. The number of likely N-dealkylation sites (N-methyl/N-ethyl adjacent to an activating group) is 1. The molecule has 142 valence electrons. The molecule has 0 bridgehead atoms. The highest BCUT2D eigenvalue weighted by Crippen LogP contribution is 2.09. The van der Waals surface area contributed by atoms with Crippen LogP contribution in [-0.2, 0) is 4.79 Å². The Morgan fingerprint density at radius 3 is 1.88 bits per heavy atom. The lowest BCUT2D eigenvalue weighted by molar-refractivity contribution is -0.121. The highest BCUT2D eigenvalue weighted by molar-refractivity contribution is 5.75. The van der Waals surface area contributed by atoms with E-state index in [-0.39, 0.29) is 5.91 Å². The molecule has 0 aromatic carbocycles. The van der Waals surface area contributed by atoms with Crippen LogP contribution >= 0.6 is 0 Å².